The van der Waals surface area contributed by atoms with Crippen LogP contribution in [0.1, 0.15) is 15.9 Å². The summed E-state index contributed by atoms with van der Waals surface area (Å²) in [4.78, 5) is 30.9. The second-order valence-corrected chi connectivity index (χ2v) is 7.50. The topological polar surface area (TPSA) is 85.8 Å². The Morgan fingerprint density at radius 3 is 2.37 bits per heavy atom. The Morgan fingerprint density at radius 2 is 1.73 bits per heavy atom. The van der Waals surface area contributed by atoms with Crippen molar-refractivity contribution in [2.45, 2.75) is 6.18 Å². The summed E-state index contributed by atoms with van der Waals surface area (Å²) >= 11 is 0. The molecule has 4 rings (SSSR count). The Labute approximate surface area is 170 Å². The maximum absolute atomic E-state index is 13.3. The smallest absolute Gasteiger partial charge is 0.418 e. The van der Waals surface area contributed by atoms with Crippen LogP contribution in [-0.4, -0.2) is 53.2 Å². The molecule has 2 atom stereocenters. The van der Waals surface area contributed by atoms with Gasteiger partial charge in [-0.15, -0.1) is 0 Å². The van der Waals surface area contributed by atoms with Gasteiger partial charge in [0.2, 0.25) is 0 Å². The van der Waals surface area contributed by atoms with Gasteiger partial charge in [-0.3, -0.25) is 4.98 Å². The molecule has 2 saturated heterocycles. The molecule has 30 heavy (non-hydrogen) atoms. The fraction of sp³-hybridized carbons (Fsp3) is 0.350. The minimum atomic E-state index is -4.42. The van der Waals surface area contributed by atoms with Crippen LogP contribution >= 0.6 is 0 Å². The number of anilines is 2. The van der Waals surface area contributed by atoms with E-state index in [0.717, 1.165) is 12.3 Å². The maximum atomic E-state index is 13.3. The van der Waals surface area contributed by atoms with E-state index in [1.54, 1.807) is 15.9 Å². The van der Waals surface area contributed by atoms with Crippen LogP contribution in [-0.2, 0) is 6.18 Å². The molecular formula is C20H19F3N4O3. The number of pyridine rings is 1. The largest absolute Gasteiger partial charge is 0.478 e. The highest BCUT2D eigenvalue weighted by molar-refractivity contribution is 5.99. The van der Waals surface area contributed by atoms with Crippen LogP contribution in [0, 0.1) is 11.8 Å². The number of carboxylic acids is 1. The Bertz CT molecular complexity index is 968. The molecule has 1 aromatic carbocycles. The molecule has 158 valence electrons. The number of fused-ring (bicyclic) bond motifs is 1. The molecule has 2 aromatic rings. The van der Waals surface area contributed by atoms with Gasteiger partial charge in [0.25, 0.3) is 0 Å². The van der Waals surface area contributed by atoms with Crippen LogP contribution in [0.5, 0.6) is 0 Å². The number of hydrogen-bond acceptors (Lipinski definition) is 4. The average molecular weight is 420 g/mol. The van der Waals surface area contributed by atoms with Crippen molar-refractivity contribution in [3.8, 4) is 0 Å². The number of para-hydroxylation sites is 1. The van der Waals surface area contributed by atoms with Crippen LogP contribution in [0.25, 0.3) is 0 Å². The van der Waals surface area contributed by atoms with Crippen LogP contribution in [0.4, 0.5) is 29.3 Å². The lowest BCUT2D eigenvalue weighted by atomic mass is 10.0. The zero-order chi connectivity index (χ0) is 21.5. The van der Waals surface area contributed by atoms with E-state index >= 15 is 0 Å². The number of aromatic carboxylic acids is 1. The van der Waals surface area contributed by atoms with Crippen molar-refractivity contribution < 1.29 is 27.9 Å². The molecule has 2 fully saturated rings. The minimum absolute atomic E-state index is 0.0495. The summed E-state index contributed by atoms with van der Waals surface area (Å²) in [6, 6.07) is 6.50. The SMILES string of the molecule is O=C(O)c1cnccc1NC(=O)N1C[C@@H]2CN(c3ccccc3C(F)(F)F)C[C@@H]2C1. The van der Waals surface area contributed by atoms with Crippen LogP contribution < -0.4 is 10.2 Å². The molecular weight excluding hydrogens is 401 g/mol. The second kappa shape index (κ2) is 7.51. The first-order chi connectivity index (χ1) is 14.2. The van der Waals surface area contributed by atoms with Crippen molar-refractivity contribution in [2.75, 3.05) is 36.4 Å². The highest BCUT2D eigenvalue weighted by Crippen LogP contribution is 2.40. The number of rotatable bonds is 3. The van der Waals surface area contributed by atoms with E-state index in [1.165, 1.54) is 24.4 Å². The molecule has 0 aliphatic carbocycles. The second-order valence-electron chi connectivity index (χ2n) is 7.50. The third kappa shape index (κ3) is 3.77. The molecule has 0 unspecified atom stereocenters. The minimum Gasteiger partial charge on any atom is -0.478 e. The van der Waals surface area contributed by atoms with Crippen LogP contribution in [0.2, 0.25) is 0 Å². The van der Waals surface area contributed by atoms with Gasteiger partial charge in [0.1, 0.15) is 5.56 Å². The number of carbonyl (C=O) groups excluding carboxylic acids is 1. The van der Waals surface area contributed by atoms with Gasteiger partial charge in [-0.05, 0) is 18.2 Å². The van der Waals surface area contributed by atoms with Crippen molar-refractivity contribution in [3.05, 3.63) is 53.9 Å². The molecule has 0 saturated carbocycles. The number of halogens is 3. The summed E-state index contributed by atoms with van der Waals surface area (Å²) in [5, 5.41) is 11.8. The Morgan fingerprint density at radius 1 is 1.07 bits per heavy atom. The average Bonchev–Trinajstić information content (AvgIpc) is 3.27. The predicted molar refractivity (Wildman–Crippen MR) is 102 cm³/mol. The number of amides is 2. The third-order valence-corrected chi connectivity index (χ3v) is 5.62. The number of carbonyl (C=O) groups is 2. The number of nitrogens with zero attached hydrogens (tertiary/aromatic N) is 3. The number of hydrogen-bond donors (Lipinski definition) is 2. The predicted octanol–water partition coefficient (Wildman–Crippen LogP) is 3.40. The number of benzene rings is 1. The van der Waals surface area contributed by atoms with Crippen LogP contribution in [0.3, 0.4) is 0 Å². The lowest BCUT2D eigenvalue weighted by Crippen LogP contribution is -2.36. The molecule has 7 nitrogen and oxygen atoms in total. The van der Waals surface area contributed by atoms with Gasteiger partial charge in [0, 0.05) is 56.1 Å². The van der Waals surface area contributed by atoms with Gasteiger partial charge < -0.3 is 20.2 Å². The van der Waals surface area contributed by atoms with E-state index in [2.05, 4.69) is 10.3 Å². The monoisotopic (exact) mass is 420 g/mol. The van der Waals surface area contributed by atoms with Crippen molar-refractivity contribution in [3.63, 3.8) is 0 Å². The van der Waals surface area contributed by atoms with E-state index in [1.807, 2.05) is 0 Å². The molecule has 10 heteroatoms. The van der Waals surface area contributed by atoms with E-state index in [0.29, 0.717) is 26.2 Å². The summed E-state index contributed by atoms with van der Waals surface area (Å²) in [7, 11) is 0. The first-order valence-corrected chi connectivity index (χ1v) is 9.38. The van der Waals surface area contributed by atoms with Crippen molar-refractivity contribution >= 4 is 23.4 Å². The fourth-order valence-electron chi connectivity index (χ4n) is 4.21. The van der Waals surface area contributed by atoms with Gasteiger partial charge >= 0.3 is 18.2 Å². The normalized spacial score (nSPS) is 20.9. The molecule has 2 aliphatic rings. The molecule has 0 spiro atoms. The van der Waals surface area contributed by atoms with Gasteiger partial charge in [-0.25, -0.2) is 9.59 Å². The molecule has 0 bridgehead atoms. The molecule has 1 aromatic heterocycles. The highest BCUT2D eigenvalue weighted by atomic mass is 19.4. The summed E-state index contributed by atoms with van der Waals surface area (Å²) in [6.45, 7) is 1.65. The molecule has 3 heterocycles. The summed E-state index contributed by atoms with van der Waals surface area (Å²) in [5.41, 5.74) is -0.447. The molecule has 2 amide bonds. The number of nitrogens with one attached hydrogen (secondary N) is 1. The number of likely N-dealkylation sites (tertiary alicyclic amines) is 1. The number of aromatic nitrogens is 1. The van der Waals surface area contributed by atoms with Gasteiger partial charge in [-0.1, -0.05) is 12.1 Å². The lowest BCUT2D eigenvalue weighted by Gasteiger charge is -2.26. The van der Waals surface area contributed by atoms with Gasteiger partial charge in [-0.2, -0.15) is 13.2 Å². The Kier molecular flexibility index (Phi) is 5.00. The fourth-order valence-corrected chi connectivity index (χ4v) is 4.21. The van der Waals surface area contributed by atoms with Crippen LogP contribution in [0.15, 0.2) is 42.7 Å². The summed E-state index contributed by atoms with van der Waals surface area (Å²) in [6.07, 6.45) is -1.88. The van der Waals surface area contributed by atoms with Gasteiger partial charge in [0.05, 0.1) is 11.3 Å². The number of urea groups is 1. The standard InChI is InChI=1S/C20H19F3N4O3/c21-20(22,23)15-3-1-2-4-17(15)26-8-12-10-27(11-13(12)9-26)19(30)25-16-5-6-24-7-14(16)18(28)29/h1-7,12-13H,8-11H2,(H,28,29)(H,24,25,30)/t12-,13+. The quantitative estimate of drug-likeness (QED) is 0.795. The summed E-state index contributed by atoms with van der Waals surface area (Å²) in [5.74, 6) is -1.10. The van der Waals surface area contributed by atoms with Crippen molar-refractivity contribution in [1.82, 2.24) is 9.88 Å². The van der Waals surface area contributed by atoms with Crippen molar-refractivity contribution in [2.24, 2.45) is 11.8 Å². The van der Waals surface area contributed by atoms with E-state index < -0.39 is 23.7 Å². The zero-order valence-corrected chi connectivity index (χ0v) is 15.8. The zero-order valence-electron chi connectivity index (χ0n) is 15.8. The van der Waals surface area contributed by atoms with E-state index in [-0.39, 0.29) is 28.8 Å². The Hall–Kier alpha value is -3.30. The molecule has 2 aliphatic heterocycles. The van der Waals surface area contributed by atoms with E-state index in [9.17, 15) is 27.9 Å². The third-order valence-electron chi connectivity index (χ3n) is 5.62. The first kappa shape index (κ1) is 20.0. The van der Waals surface area contributed by atoms with Crippen molar-refractivity contribution in [1.29, 1.82) is 0 Å². The van der Waals surface area contributed by atoms with E-state index in [4.69, 9.17) is 0 Å². The maximum Gasteiger partial charge on any atom is 0.418 e. The molecule has 2 N–H and O–H groups in total. The summed E-state index contributed by atoms with van der Waals surface area (Å²) < 4.78 is 40.0. The molecule has 0 radical (unpaired) electrons. The number of carboxylic acid groups (broad SMARTS) is 1. The van der Waals surface area contributed by atoms with Gasteiger partial charge in [0.15, 0.2) is 0 Å². The lowest BCUT2D eigenvalue weighted by molar-refractivity contribution is -0.137. The highest BCUT2D eigenvalue weighted by Gasteiger charge is 2.44. The first-order valence-electron chi connectivity index (χ1n) is 9.38. The Balaban J connectivity index is 1.42. The number of alkyl halides is 3.